The van der Waals surface area contributed by atoms with Gasteiger partial charge >= 0.3 is 0 Å². The molecule has 7 nitrogen and oxygen atoms in total. The maximum atomic E-state index is 14.0. The van der Waals surface area contributed by atoms with E-state index in [1.807, 2.05) is 6.07 Å². The van der Waals surface area contributed by atoms with E-state index in [0.29, 0.717) is 26.5 Å². The van der Waals surface area contributed by atoms with Crippen molar-refractivity contribution in [2.45, 2.75) is 0 Å². The Morgan fingerprint density at radius 1 is 1.29 bits per heavy atom. The number of nitrogens with one attached hydrogen (secondary N) is 1. The summed E-state index contributed by atoms with van der Waals surface area (Å²) in [6.07, 6.45) is 1.73. The van der Waals surface area contributed by atoms with E-state index in [2.05, 4.69) is 5.32 Å². The van der Waals surface area contributed by atoms with Gasteiger partial charge in [-0.15, -0.1) is 0 Å². The number of fused-ring (bicyclic) bond motifs is 1. The first kappa shape index (κ1) is 21.1. The van der Waals surface area contributed by atoms with Gasteiger partial charge in [-0.2, -0.15) is 0 Å². The average molecular weight is 461 g/mol. The number of thiocarbonyl (C=S) groups is 1. The first-order chi connectivity index (χ1) is 15.0. The van der Waals surface area contributed by atoms with Crippen LogP contribution in [-0.4, -0.2) is 48.0 Å². The molecule has 0 bridgehead atoms. The molecule has 0 unspecified atom stereocenters. The molecule has 1 fully saturated rings. The van der Waals surface area contributed by atoms with Crippen LogP contribution in [0, 0.1) is 5.82 Å². The molecule has 0 aromatic heterocycles. The predicted molar refractivity (Wildman–Crippen MR) is 118 cm³/mol. The van der Waals surface area contributed by atoms with Gasteiger partial charge in [-0.05, 0) is 35.9 Å². The number of hydrogen-bond acceptors (Lipinski definition) is 7. The van der Waals surface area contributed by atoms with Crippen LogP contribution in [0.5, 0.6) is 17.2 Å². The molecule has 2 aliphatic heterocycles. The molecule has 2 amide bonds. The molecule has 2 heterocycles. The summed E-state index contributed by atoms with van der Waals surface area (Å²) < 4.78 is 30.0. The second-order valence-electron chi connectivity index (χ2n) is 6.55. The average Bonchev–Trinajstić information content (AvgIpc) is 3.32. The fourth-order valence-corrected chi connectivity index (χ4v) is 4.34. The Bertz CT molecular complexity index is 1110. The minimum Gasteiger partial charge on any atom is -0.497 e. The fourth-order valence-electron chi connectivity index (χ4n) is 3.03. The van der Waals surface area contributed by atoms with Crippen molar-refractivity contribution in [2.75, 3.05) is 27.0 Å². The number of carbonyl (C=O) groups is 2. The van der Waals surface area contributed by atoms with Gasteiger partial charge in [0.05, 0.1) is 17.6 Å². The highest BCUT2D eigenvalue weighted by molar-refractivity contribution is 8.26. The van der Waals surface area contributed by atoms with Crippen molar-refractivity contribution in [3.05, 3.63) is 58.2 Å². The van der Waals surface area contributed by atoms with Gasteiger partial charge in [0.2, 0.25) is 6.79 Å². The van der Waals surface area contributed by atoms with Crippen LogP contribution in [0.3, 0.4) is 0 Å². The van der Waals surface area contributed by atoms with Crippen LogP contribution in [0.25, 0.3) is 6.08 Å². The van der Waals surface area contributed by atoms with Gasteiger partial charge in [0.25, 0.3) is 11.8 Å². The highest BCUT2D eigenvalue weighted by Gasteiger charge is 2.32. The monoisotopic (exact) mass is 460 g/mol. The predicted octanol–water partition coefficient (Wildman–Crippen LogP) is 3.19. The number of halogens is 1. The molecule has 2 aromatic carbocycles. The number of thioether (sulfide) groups is 1. The minimum atomic E-state index is -0.686. The highest BCUT2D eigenvalue weighted by Crippen LogP contribution is 2.36. The topological polar surface area (TPSA) is 77.1 Å². The van der Waals surface area contributed by atoms with Crippen molar-refractivity contribution in [3.63, 3.8) is 0 Å². The number of methoxy groups -OCH3 is 1. The lowest BCUT2D eigenvalue weighted by molar-refractivity contribution is -0.122. The molecule has 2 aliphatic rings. The van der Waals surface area contributed by atoms with Crippen molar-refractivity contribution in [1.29, 1.82) is 0 Å². The van der Waals surface area contributed by atoms with E-state index in [9.17, 15) is 14.0 Å². The summed E-state index contributed by atoms with van der Waals surface area (Å²) in [5, 5.41) is 2.61. The molecule has 1 N–H and O–H groups in total. The third-order valence-electron chi connectivity index (χ3n) is 4.61. The van der Waals surface area contributed by atoms with Crippen molar-refractivity contribution in [3.8, 4) is 17.2 Å². The first-order valence-electron chi connectivity index (χ1n) is 9.23. The lowest BCUT2D eigenvalue weighted by Gasteiger charge is -2.15. The summed E-state index contributed by atoms with van der Waals surface area (Å²) >= 11 is 6.49. The third-order valence-corrected chi connectivity index (χ3v) is 5.99. The smallest absolute Gasteiger partial charge is 0.266 e. The van der Waals surface area contributed by atoms with Crippen LogP contribution in [0.1, 0.15) is 15.9 Å². The van der Waals surface area contributed by atoms with Gasteiger partial charge in [-0.3, -0.25) is 14.5 Å². The molecule has 1 saturated heterocycles. The van der Waals surface area contributed by atoms with E-state index in [0.717, 1.165) is 11.6 Å². The third kappa shape index (κ3) is 4.49. The zero-order valence-corrected chi connectivity index (χ0v) is 18.0. The lowest BCUT2D eigenvalue weighted by atomic mass is 10.2. The Balaban J connectivity index is 1.37. The minimum absolute atomic E-state index is 0.103. The Labute approximate surface area is 187 Å². The Morgan fingerprint density at radius 3 is 2.87 bits per heavy atom. The summed E-state index contributed by atoms with van der Waals surface area (Å²) in [7, 11) is 1.41. The normalized spacial score (nSPS) is 16.2. The van der Waals surface area contributed by atoms with Gasteiger partial charge in [0, 0.05) is 19.2 Å². The van der Waals surface area contributed by atoms with E-state index >= 15 is 0 Å². The van der Waals surface area contributed by atoms with Gasteiger partial charge < -0.3 is 19.5 Å². The van der Waals surface area contributed by atoms with Gasteiger partial charge in [-0.25, -0.2) is 4.39 Å². The number of benzene rings is 2. The summed E-state index contributed by atoms with van der Waals surface area (Å²) in [6.45, 7) is 0.466. The molecule has 10 heteroatoms. The largest absolute Gasteiger partial charge is 0.497 e. The van der Waals surface area contributed by atoms with E-state index in [-0.39, 0.29) is 31.4 Å². The molecule has 0 aliphatic carbocycles. The first-order valence-corrected chi connectivity index (χ1v) is 10.5. The molecular formula is C21H17FN2O5S2. The second-order valence-corrected chi connectivity index (χ2v) is 8.22. The zero-order chi connectivity index (χ0) is 22.0. The van der Waals surface area contributed by atoms with Crippen LogP contribution in [-0.2, 0) is 4.79 Å². The lowest BCUT2D eigenvalue weighted by Crippen LogP contribution is -2.37. The number of hydrogen-bond donors (Lipinski definition) is 1. The summed E-state index contributed by atoms with van der Waals surface area (Å²) in [5.41, 5.74) is 0.682. The number of carbonyl (C=O) groups excluding carboxylic acids is 2. The van der Waals surface area contributed by atoms with Crippen LogP contribution in [0.2, 0.25) is 0 Å². The number of rotatable bonds is 6. The van der Waals surface area contributed by atoms with Gasteiger partial charge in [0.15, 0.2) is 11.5 Å². The summed E-state index contributed by atoms with van der Waals surface area (Å²) in [6, 6.07) is 9.38. The van der Waals surface area contributed by atoms with Crippen LogP contribution < -0.4 is 19.5 Å². The van der Waals surface area contributed by atoms with Crippen LogP contribution in [0.15, 0.2) is 41.3 Å². The fraction of sp³-hybridized carbons (Fsp3) is 0.190. The SMILES string of the molecule is COc1ccc(C(=O)NCCN2C(=O)/C(=C\c3ccc4c(c3)OCO4)SC2=S)c(F)c1. The van der Waals surface area contributed by atoms with E-state index < -0.39 is 11.7 Å². The van der Waals surface area contributed by atoms with E-state index in [4.69, 9.17) is 26.4 Å². The van der Waals surface area contributed by atoms with Crippen molar-refractivity contribution in [2.24, 2.45) is 0 Å². The molecule has 0 spiro atoms. The summed E-state index contributed by atoms with van der Waals surface area (Å²) in [5.74, 6) is 0.0838. The standard InChI is InChI=1S/C21H17FN2O5S2/c1-27-13-3-4-14(15(22)10-13)19(25)23-6-7-24-20(26)18(31-21(24)30)9-12-2-5-16-17(8-12)29-11-28-16/h2-5,8-10H,6-7,11H2,1H3,(H,23,25)/b18-9+. The number of ether oxygens (including phenoxy) is 3. The molecule has 2 aromatic rings. The number of nitrogens with zero attached hydrogens (tertiary/aromatic N) is 1. The Morgan fingerprint density at radius 2 is 2.10 bits per heavy atom. The molecule has 4 rings (SSSR count). The van der Waals surface area contributed by atoms with Crippen LogP contribution in [0.4, 0.5) is 4.39 Å². The van der Waals surface area contributed by atoms with Crippen molar-refractivity contribution >= 4 is 46.2 Å². The van der Waals surface area contributed by atoms with E-state index in [1.54, 1.807) is 18.2 Å². The van der Waals surface area contributed by atoms with Crippen LogP contribution >= 0.6 is 24.0 Å². The molecule has 31 heavy (non-hydrogen) atoms. The summed E-state index contributed by atoms with van der Waals surface area (Å²) in [4.78, 5) is 26.8. The van der Waals surface area contributed by atoms with Gasteiger partial charge in [0.1, 0.15) is 15.9 Å². The maximum absolute atomic E-state index is 14.0. The quantitative estimate of drug-likeness (QED) is 0.524. The number of amides is 2. The van der Waals surface area contributed by atoms with Crippen molar-refractivity contribution < 1.29 is 28.2 Å². The second kappa shape index (κ2) is 8.94. The molecule has 0 radical (unpaired) electrons. The Kier molecular flexibility index (Phi) is 6.10. The van der Waals surface area contributed by atoms with Gasteiger partial charge in [-0.1, -0.05) is 30.0 Å². The molecule has 0 atom stereocenters. The Hall–Kier alpha value is -3.11. The highest BCUT2D eigenvalue weighted by atomic mass is 32.2. The maximum Gasteiger partial charge on any atom is 0.266 e. The van der Waals surface area contributed by atoms with Crippen molar-refractivity contribution in [1.82, 2.24) is 10.2 Å². The molecular weight excluding hydrogens is 443 g/mol. The molecule has 0 saturated carbocycles. The molecule has 160 valence electrons. The zero-order valence-electron chi connectivity index (χ0n) is 16.3. The van der Waals surface area contributed by atoms with E-state index in [1.165, 1.54) is 35.9 Å².